The van der Waals surface area contributed by atoms with Crippen LogP contribution in [0.15, 0.2) is 18.2 Å². The van der Waals surface area contributed by atoms with Gasteiger partial charge in [0.15, 0.2) is 0 Å². The normalized spacial score (nSPS) is 28.4. The molecule has 2 aliphatic rings. The summed E-state index contributed by atoms with van der Waals surface area (Å²) in [7, 11) is 2.14. The van der Waals surface area contributed by atoms with Crippen LogP contribution >= 0.6 is 0 Å². The molecule has 0 aliphatic carbocycles. The molecule has 0 bridgehead atoms. The molecule has 1 N–H and O–H groups in total. The van der Waals surface area contributed by atoms with Gasteiger partial charge in [0.1, 0.15) is 18.2 Å². The van der Waals surface area contributed by atoms with Crippen LogP contribution in [0.5, 0.6) is 5.75 Å². The van der Waals surface area contributed by atoms with Crippen molar-refractivity contribution in [2.45, 2.75) is 12.5 Å². The first kappa shape index (κ1) is 10.8. The highest BCUT2D eigenvalue weighted by Crippen LogP contribution is 2.32. The maximum Gasteiger partial charge on any atom is 0.142 e. The summed E-state index contributed by atoms with van der Waals surface area (Å²) in [5, 5.41) is 3.41. The molecule has 2 aliphatic heterocycles. The molecular weight excluding hydrogens is 219 g/mol. The number of rotatable bonds is 1. The summed E-state index contributed by atoms with van der Waals surface area (Å²) in [6.07, 6.45) is 1.18. The van der Waals surface area contributed by atoms with Gasteiger partial charge in [-0.3, -0.25) is 0 Å². The van der Waals surface area contributed by atoms with E-state index in [9.17, 15) is 4.39 Å². The molecule has 2 unspecified atom stereocenters. The molecule has 1 aromatic rings. The summed E-state index contributed by atoms with van der Waals surface area (Å²) in [6, 6.07) is 4.94. The Hall–Kier alpha value is -1.29. The zero-order valence-electron chi connectivity index (χ0n) is 9.95. The zero-order chi connectivity index (χ0) is 11.8. The highest BCUT2D eigenvalue weighted by Gasteiger charge is 2.31. The standard InChI is InChI=1S/C13H17FN2O/c1-16-5-4-9(7-16)12-8-17-13-3-2-10(14)6-11(13)15-12/h2-3,6,9,12,15H,4-5,7-8H2,1H3. The smallest absolute Gasteiger partial charge is 0.142 e. The lowest BCUT2D eigenvalue weighted by Gasteiger charge is -2.31. The third-order valence-electron chi connectivity index (χ3n) is 3.70. The largest absolute Gasteiger partial charge is 0.489 e. The van der Waals surface area contributed by atoms with Crippen molar-refractivity contribution in [3.8, 4) is 5.75 Å². The van der Waals surface area contributed by atoms with Crippen molar-refractivity contribution < 1.29 is 9.13 Å². The van der Waals surface area contributed by atoms with Crippen LogP contribution in [-0.4, -0.2) is 37.7 Å². The molecule has 3 rings (SSSR count). The van der Waals surface area contributed by atoms with Crippen molar-refractivity contribution in [3.05, 3.63) is 24.0 Å². The Kier molecular flexibility index (Phi) is 2.67. The Bertz CT molecular complexity index is 424. The van der Waals surface area contributed by atoms with Crippen molar-refractivity contribution in [2.75, 3.05) is 32.1 Å². The van der Waals surface area contributed by atoms with Gasteiger partial charge >= 0.3 is 0 Å². The minimum Gasteiger partial charge on any atom is -0.489 e. The maximum atomic E-state index is 13.2. The van der Waals surface area contributed by atoms with Crippen molar-refractivity contribution in [2.24, 2.45) is 5.92 Å². The van der Waals surface area contributed by atoms with Crippen LogP contribution in [0.25, 0.3) is 0 Å². The Morgan fingerprint density at radius 2 is 2.35 bits per heavy atom. The van der Waals surface area contributed by atoms with E-state index in [1.54, 1.807) is 6.07 Å². The Morgan fingerprint density at radius 1 is 1.47 bits per heavy atom. The van der Waals surface area contributed by atoms with Gasteiger partial charge in [-0.1, -0.05) is 0 Å². The van der Waals surface area contributed by atoms with Crippen molar-refractivity contribution >= 4 is 5.69 Å². The lowest BCUT2D eigenvalue weighted by Crippen LogP contribution is -2.39. The Morgan fingerprint density at radius 3 is 3.12 bits per heavy atom. The molecule has 17 heavy (non-hydrogen) atoms. The number of halogens is 1. The summed E-state index contributed by atoms with van der Waals surface area (Å²) in [5.74, 6) is 1.13. The fourth-order valence-electron chi connectivity index (χ4n) is 2.71. The van der Waals surface area contributed by atoms with Crippen LogP contribution in [-0.2, 0) is 0 Å². The second kappa shape index (κ2) is 4.18. The van der Waals surface area contributed by atoms with Gasteiger partial charge < -0.3 is 15.0 Å². The highest BCUT2D eigenvalue weighted by atomic mass is 19.1. The predicted octanol–water partition coefficient (Wildman–Crippen LogP) is 1.95. The molecule has 92 valence electrons. The summed E-state index contributed by atoms with van der Waals surface area (Å²) in [4.78, 5) is 2.33. The van der Waals surface area contributed by atoms with Gasteiger partial charge in [-0.15, -0.1) is 0 Å². The monoisotopic (exact) mass is 236 g/mol. The molecule has 4 heteroatoms. The number of hydrogen-bond donors (Lipinski definition) is 1. The van der Waals surface area contributed by atoms with E-state index < -0.39 is 0 Å². The molecule has 2 heterocycles. The third kappa shape index (κ3) is 2.09. The van der Waals surface area contributed by atoms with E-state index in [0.717, 1.165) is 24.5 Å². The minimum atomic E-state index is -0.218. The molecule has 0 amide bonds. The van der Waals surface area contributed by atoms with E-state index in [4.69, 9.17) is 4.74 Å². The van der Waals surface area contributed by atoms with Crippen LogP contribution in [0.4, 0.5) is 10.1 Å². The predicted molar refractivity (Wildman–Crippen MR) is 64.9 cm³/mol. The number of anilines is 1. The van der Waals surface area contributed by atoms with Gasteiger partial charge in [0.05, 0.1) is 11.7 Å². The molecule has 0 radical (unpaired) electrons. The van der Waals surface area contributed by atoms with Crippen LogP contribution in [0.2, 0.25) is 0 Å². The Balaban J connectivity index is 1.76. The second-order valence-corrected chi connectivity index (χ2v) is 5.01. The van der Waals surface area contributed by atoms with Crippen molar-refractivity contribution in [3.63, 3.8) is 0 Å². The van der Waals surface area contributed by atoms with Gasteiger partial charge in [-0.25, -0.2) is 4.39 Å². The molecule has 1 saturated heterocycles. The zero-order valence-corrected chi connectivity index (χ0v) is 9.95. The quantitative estimate of drug-likeness (QED) is 0.806. The van der Waals surface area contributed by atoms with Gasteiger partial charge in [-0.05, 0) is 38.1 Å². The minimum absolute atomic E-state index is 0.218. The summed E-state index contributed by atoms with van der Waals surface area (Å²) < 4.78 is 18.8. The molecule has 1 fully saturated rings. The van der Waals surface area contributed by atoms with Crippen molar-refractivity contribution in [1.29, 1.82) is 0 Å². The number of nitrogens with one attached hydrogen (secondary N) is 1. The lowest BCUT2D eigenvalue weighted by molar-refractivity contribution is 0.243. The molecule has 0 spiro atoms. The number of ether oxygens (including phenoxy) is 1. The number of likely N-dealkylation sites (tertiary alicyclic amines) is 1. The van der Waals surface area contributed by atoms with Crippen LogP contribution < -0.4 is 10.1 Å². The highest BCUT2D eigenvalue weighted by molar-refractivity contribution is 5.58. The first-order valence-corrected chi connectivity index (χ1v) is 6.10. The Labute approximate surface area is 101 Å². The number of hydrogen-bond acceptors (Lipinski definition) is 3. The molecule has 3 nitrogen and oxygen atoms in total. The second-order valence-electron chi connectivity index (χ2n) is 5.01. The molecular formula is C13H17FN2O. The fourth-order valence-corrected chi connectivity index (χ4v) is 2.71. The molecule has 2 atom stereocenters. The topological polar surface area (TPSA) is 24.5 Å². The summed E-state index contributed by atoms with van der Waals surface area (Å²) in [5.41, 5.74) is 0.788. The van der Waals surface area contributed by atoms with Crippen LogP contribution in [0.1, 0.15) is 6.42 Å². The lowest BCUT2D eigenvalue weighted by atomic mass is 9.98. The first-order valence-electron chi connectivity index (χ1n) is 6.10. The van der Waals surface area contributed by atoms with E-state index in [1.165, 1.54) is 18.6 Å². The summed E-state index contributed by atoms with van der Waals surface area (Å²) in [6.45, 7) is 2.90. The molecule has 0 saturated carbocycles. The number of fused-ring (bicyclic) bond motifs is 1. The fraction of sp³-hybridized carbons (Fsp3) is 0.538. The van der Waals surface area contributed by atoms with Gasteiger partial charge in [0.2, 0.25) is 0 Å². The van der Waals surface area contributed by atoms with E-state index in [2.05, 4.69) is 17.3 Å². The SMILES string of the molecule is CN1CCC(C2COc3ccc(F)cc3N2)C1. The molecule has 0 aromatic heterocycles. The van der Waals surface area contributed by atoms with Crippen molar-refractivity contribution in [1.82, 2.24) is 4.90 Å². The first-order chi connectivity index (χ1) is 8.22. The van der Waals surface area contributed by atoms with Gasteiger partial charge in [0.25, 0.3) is 0 Å². The third-order valence-corrected chi connectivity index (χ3v) is 3.70. The number of nitrogens with zero attached hydrogens (tertiary/aromatic N) is 1. The maximum absolute atomic E-state index is 13.2. The average Bonchev–Trinajstić information content (AvgIpc) is 2.75. The van der Waals surface area contributed by atoms with E-state index >= 15 is 0 Å². The average molecular weight is 236 g/mol. The van der Waals surface area contributed by atoms with E-state index in [-0.39, 0.29) is 5.82 Å². The molecule has 1 aromatic carbocycles. The van der Waals surface area contributed by atoms with E-state index in [1.807, 2.05) is 0 Å². The van der Waals surface area contributed by atoms with Crippen LogP contribution in [0, 0.1) is 11.7 Å². The van der Waals surface area contributed by atoms with Gasteiger partial charge in [-0.2, -0.15) is 0 Å². The summed E-state index contributed by atoms with van der Waals surface area (Å²) >= 11 is 0. The van der Waals surface area contributed by atoms with E-state index in [0.29, 0.717) is 18.6 Å². The van der Waals surface area contributed by atoms with Crippen LogP contribution in [0.3, 0.4) is 0 Å². The van der Waals surface area contributed by atoms with Gasteiger partial charge in [0, 0.05) is 12.6 Å². The number of benzene rings is 1.